The third kappa shape index (κ3) is 4.21. The summed E-state index contributed by atoms with van der Waals surface area (Å²) in [6.45, 7) is 4.53. The molecular weight excluding hydrogens is 443 g/mol. The smallest absolute Gasteiger partial charge is 0.431 e. The fourth-order valence-corrected chi connectivity index (χ4v) is 8.17. The van der Waals surface area contributed by atoms with Crippen LogP contribution >= 0.6 is 7.82 Å². The van der Waals surface area contributed by atoms with E-state index in [1.54, 1.807) is 17.9 Å². The third-order valence-corrected chi connectivity index (χ3v) is 10.1. The van der Waals surface area contributed by atoms with E-state index >= 15 is 0 Å². The first-order chi connectivity index (χ1) is 15.6. The van der Waals surface area contributed by atoms with Gasteiger partial charge in [0.25, 0.3) is 0 Å². The first-order valence-electron chi connectivity index (χ1n) is 12.2. The second-order valence-corrected chi connectivity index (χ2v) is 12.3. The molecule has 0 saturated heterocycles. The number of hydrogen-bond acceptors (Lipinski definition) is 5. The fraction of sp³-hybridized carbons (Fsp3) is 0.720. The van der Waals surface area contributed by atoms with Crippen LogP contribution in [0.4, 0.5) is 0 Å². The monoisotopic (exact) mass is 478 g/mol. The highest BCUT2D eigenvalue weighted by molar-refractivity contribution is 7.46. The molecule has 1 aromatic heterocycles. The summed E-state index contributed by atoms with van der Waals surface area (Å²) in [4.78, 5) is 29.2. The van der Waals surface area contributed by atoms with Crippen LogP contribution in [0.15, 0.2) is 39.3 Å². The lowest BCUT2D eigenvalue weighted by Crippen LogP contribution is -2.52. The summed E-state index contributed by atoms with van der Waals surface area (Å²) >= 11 is 0. The molecule has 3 fully saturated rings. The number of hydrogen-bond donors (Lipinski definition) is 2. The van der Waals surface area contributed by atoms with Crippen LogP contribution in [0.1, 0.15) is 76.7 Å². The molecule has 0 radical (unpaired) electrons. The Morgan fingerprint density at radius 1 is 1.15 bits per heavy atom. The van der Waals surface area contributed by atoms with Crippen LogP contribution < -0.4 is 5.63 Å². The topological polar surface area (TPSA) is 106 Å². The van der Waals surface area contributed by atoms with E-state index in [1.165, 1.54) is 12.8 Å². The lowest BCUT2D eigenvalue weighted by atomic mass is 9.46. The van der Waals surface area contributed by atoms with Crippen LogP contribution in [-0.4, -0.2) is 22.7 Å². The zero-order chi connectivity index (χ0) is 23.4. The highest BCUT2D eigenvalue weighted by atomic mass is 31.2. The van der Waals surface area contributed by atoms with E-state index in [2.05, 4.69) is 24.4 Å². The number of allylic oxidation sites excluding steroid dienone is 2. The van der Waals surface area contributed by atoms with E-state index in [-0.39, 0.29) is 29.4 Å². The van der Waals surface area contributed by atoms with Crippen molar-refractivity contribution in [3.8, 4) is 0 Å². The molecule has 0 unspecified atom stereocenters. The van der Waals surface area contributed by atoms with Crippen LogP contribution in [0, 0.1) is 28.6 Å². The zero-order valence-corrected chi connectivity index (χ0v) is 20.3. The molecule has 33 heavy (non-hydrogen) atoms. The zero-order valence-electron chi connectivity index (χ0n) is 19.4. The summed E-state index contributed by atoms with van der Waals surface area (Å²) in [7, 11) is -4.49. The Balaban J connectivity index is 1.29. The maximum atomic E-state index is 11.5. The minimum atomic E-state index is -4.49. The Labute approximate surface area is 194 Å². The van der Waals surface area contributed by atoms with Crippen LogP contribution in [0.5, 0.6) is 0 Å². The first-order valence-corrected chi connectivity index (χ1v) is 13.7. The average molecular weight is 479 g/mol. The highest BCUT2D eigenvalue weighted by Crippen LogP contribution is 2.67. The summed E-state index contributed by atoms with van der Waals surface area (Å²) in [6.07, 6.45) is 12.8. The van der Waals surface area contributed by atoms with Crippen LogP contribution in [0.2, 0.25) is 0 Å². The van der Waals surface area contributed by atoms with E-state index in [4.69, 9.17) is 18.9 Å². The molecule has 1 heterocycles. The Morgan fingerprint density at radius 3 is 2.70 bits per heavy atom. The second kappa shape index (κ2) is 8.46. The predicted octanol–water partition coefficient (Wildman–Crippen LogP) is 5.14. The minimum absolute atomic E-state index is 0.00263. The van der Waals surface area contributed by atoms with Gasteiger partial charge in [0.15, 0.2) is 6.79 Å². The molecule has 0 amide bonds. The van der Waals surface area contributed by atoms with Crippen LogP contribution in [0.25, 0.3) is 0 Å². The number of phosphoric acid groups is 1. The van der Waals surface area contributed by atoms with Crippen molar-refractivity contribution in [2.75, 3.05) is 6.79 Å². The fourth-order valence-electron chi connectivity index (χ4n) is 7.97. The summed E-state index contributed by atoms with van der Waals surface area (Å²) in [5.41, 5.74) is 2.87. The van der Waals surface area contributed by atoms with Crippen molar-refractivity contribution in [3.63, 3.8) is 0 Å². The Kier molecular flexibility index (Phi) is 6.02. The summed E-state index contributed by atoms with van der Waals surface area (Å²) in [5.74, 6) is 2.22. The van der Waals surface area contributed by atoms with Gasteiger partial charge in [-0.2, -0.15) is 0 Å². The van der Waals surface area contributed by atoms with E-state index in [0.717, 1.165) is 44.1 Å². The van der Waals surface area contributed by atoms with Gasteiger partial charge in [-0.25, -0.2) is 9.36 Å². The molecular formula is C25H35O7P. The van der Waals surface area contributed by atoms with Crippen molar-refractivity contribution in [1.82, 2.24) is 0 Å². The molecule has 5 rings (SSSR count). The van der Waals surface area contributed by atoms with Crippen molar-refractivity contribution in [1.29, 1.82) is 0 Å². The summed E-state index contributed by atoms with van der Waals surface area (Å²) in [6, 6.07) is 3.49. The molecule has 182 valence electrons. The number of fused-ring (bicyclic) bond motifs is 5. The summed E-state index contributed by atoms with van der Waals surface area (Å²) < 4.78 is 26.3. The number of ether oxygens (including phenoxy) is 1. The molecule has 4 aliphatic rings. The van der Waals surface area contributed by atoms with E-state index < -0.39 is 7.82 Å². The molecule has 7 atom stereocenters. The third-order valence-electron chi connectivity index (χ3n) is 9.67. The molecule has 2 N–H and O–H groups in total. The van der Waals surface area contributed by atoms with Gasteiger partial charge in [0.2, 0.25) is 0 Å². The molecule has 4 aliphatic carbocycles. The number of rotatable bonds is 5. The largest absolute Gasteiger partial charge is 0.471 e. The minimum Gasteiger partial charge on any atom is -0.431 e. The standard InChI is InChI=1S/C25H35O7P/c1-24-11-9-18(31-15-32-33(27,28)29)13-17(24)4-5-19-21-7-6-20(16-3-8-23(26)30-14-16)25(21,2)12-10-22(19)24/h3,7-8,14,17-20,22H,4-6,9-13,15H2,1-2H3,(H2,27,28,29)/t17-,18+,19+,20-,22+,24+,25-/m1/s1. The van der Waals surface area contributed by atoms with Crippen molar-refractivity contribution in [2.24, 2.45) is 28.6 Å². The van der Waals surface area contributed by atoms with Gasteiger partial charge in [0.05, 0.1) is 12.4 Å². The van der Waals surface area contributed by atoms with Crippen molar-refractivity contribution in [2.45, 2.75) is 77.2 Å². The number of phosphoric ester groups is 1. The van der Waals surface area contributed by atoms with Gasteiger partial charge in [-0.3, -0.25) is 4.52 Å². The molecule has 3 saturated carbocycles. The maximum absolute atomic E-state index is 11.5. The molecule has 1 aromatic rings. The Morgan fingerprint density at radius 2 is 1.97 bits per heavy atom. The van der Waals surface area contributed by atoms with Gasteiger partial charge in [-0.05, 0) is 97.5 Å². The van der Waals surface area contributed by atoms with Crippen molar-refractivity contribution < 1.29 is 28.0 Å². The maximum Gasteiger partial charge on any atom is 0.471 e. The molecule has 0 spiro atoms. The molecule has 7 nitrogen and oxygen atoms in total. The van der Waals surface area contributed by atoms with E-state index in [0.29, 0.717) is 23.7 Å². The first kappa shape index (κ1) is 23.5. The quantitative estimate of drug-likeness (QED) is 0.343. The molecule has 0 aromatic carbocycles. The molecule has 8 heteroatoms. The van der Waals surface area contributed by atoms with Gasteiger partial charge in [0.1, 0.15) is 0 Å². The van der Waals surface area contributed by atoms with E-state index in [9.17, 15) is 9.36 Å². The average Bonchev–Trinajstić information content (AvgIpc) is 3.11. The van der Waals surface area contributed by atoms with Gasteiger partial charge >= 0.3 is 13.4 Å². The van der Waals surface area contributed by atoms with Crippen molar-refractivity contribution >= 4 is 7.82 Å². The Bertz CT molecular complexity index is 1010. The lowest BCUT2D eigenvalue weighted by molar-refractivity contribution is -0.122. The summed E-state index contributed by atoms with van der Waals surface area (Å²) in [5, 5.41) is 0. The van der Waals surface area contributed by atoms with Gasteiger partial charge in [0, 0.05) is 6.07 Å². The van der Waals surface area contributed by atoms with Crippen molar-refractivity contribution in [3.05, 3.63) is 46.0 Å². The highest BCUT2D eigenvalue weighted by Gasteiger charge is 2.57. The predicted molar refractivity (Wildman–Crippen MR) is 122 cm³/mol. The second-order valence-electron chi connectivity index (χ2n) is 11.1. The molecule has 0 bridgehead atoms. The van der Waals surface area contributed by atoms with Gasteiger partial charge in [-0.15, -0.1) is 0 Å². The normalized spacial score (nSPS) is 40.5. The van der Waals surface area contributed by atoms with Gasteiger partial charge in [-0.1, -0.05) is 25.5 Å². The van der Waals surface area contributed by atoms with Gasteiger partial charge < -0.3 is 18.9 Å². The Hall–Kier alpha value is -1.24. The SMILES string of the molecule is C[C@]12CC[C@H](OCOP(=O)(O)O)C[C@H]1CC[C@H]1C3=CC[C@H](c4ccc(=O)oc4)[C@@]3(C)CC[C@@H]12. The van der Waals surface area contributed by atoms with Crippen LogP contribution in [0.3, 0.4) is 0 Å². The van der Waals surface area contributed by atoms with E-state index in [1.807, 2.05) is 6.07 Å². The lowest BCUT2D eigenvalue weighted by Gasteiger charge is -2.59. The van der Waals surface area contributed by atoms with Crippen LogP contribution in [-0.2, 0) is 13.8 Å². The molecule has 0 aliphatic heterocycles.